The van der Waals surface area contributed by atoms with Crippen molar-refractivity contribution in [2.45, 2.75) is 175 Å². The second-order valence-corrected chi connectivity index (χ2v) is 12.4. The van der Waals surface area contributed by atoms with E-state index >= 15 is 0 Å². The molecule has 0 aromatic heterocycles. The van der Waals surface area contributed by atoms with Crippen molar-refractivity contribution in [2.24, 2.45) is 0 Å². The molecule has 0 aliphatic heterocycles. The number of allylic oxidation sites excluding steroid dienone is 1. The van der Waals surface area contributed by atoms with Crippen molar-refractivity contribution in [2.75, 3.05) is 18.1 Å². The van der Waals surface area contributed by atoms with E-state index in [1.807, 2.05) is 11.8 Å². The van der Waals surface area contributed by atoms with Crippen LogP contribution in [0.1, 0.15) is 163 Å². The van der Waals surface area contributed by atoms with Crippen LogP contribution in [0.2, 0.25) is 0 Å². The number of hydrogen-bond donors (Lipinski definition) is 2. The van der Waals surface area contributed by atoms with E-state index < -0.39 is 0 Å². The van der Waals surface area contributed by atoms with Gasteiger partial charge in [-0.2, -0.15) is 11.8 Å². The number of nitrogens with one attached hydrogen (secondary N) is 2. The number of Topliss-reactive ketones (excluding diaryl/α,β-unsaturated/α-hetero) is 1. The van der Waals surface area contributed by atoms with Crippen LogP contribution in [0.15, 0.2) is 12.3 Å². The summed E-state index contributed by atoms with van der Waals surface area (Å²) in [6.45, 7) is 13.4. The highest BCUT2D eigenvalue weighted by Gasteiger charge is 2.15. The van der Waals surface area contributed by atoms with Gasteiger partial charge in [0.15, 0.2) is 0 Å². The molecule has 0 spiro atoms. The predicted octanol–water partition coefficient (Wildman–Crippen LogP) is 9.92. The van der Waals surface area contributed by atoms with Crippen LogP contribution in [0.25, 0.3) is 0 Å². The molecule has 4 nitrogen and oxygen atoms in total. The molecule has 0 fully saturated rings. The maximum atomic E-state index is 12.1. The molecule has 0 amide bonds. The minimum atomic E-state index is -0.110. The van der Waals surface area contributed by atoms with Gasteiger partial charge in [-0.3, -0.25) is 10.2 Å². The van der Waals surface area contributed by atoms with Crippen LogP contribution >= 0.6 is 11.8 Å². The van der Waals surface area contributed by atoms with E-state index in [0.717, 1.165) is 49.6 Å². The molecule has 0 aromatic carbocycles. The van der Waals surface area contributed by atoms with E-state index in [9.17, 15) is 4.79 Å². The third kappa shape index (κ3) is 25.7. The monoisotopic (exact) mass is 554 g/mol. The zero-order valence-electron chi connectivity index (χ0n) is 26.1. The van der Waals surface area contributed by atoms with Crippen molar-refractivity contribution in [3.05, 3.63) is 12.3 Å². The molecular formula is C33H66N2O2S. The Morgan fingerprint density at radius 1 is 0.711 bits per heavy atom. The van der Waals surface area contributed by atoms with Crippen LogP contribution in [0.3, 0.4) is 0 Å². The van der Waals surface area contributed by atoms with Gasteiger partial charge in [-0.1, -0.05) is 130 Å². The highest BCUT2D eigenvalue weighted by molar-refractivity contribution is 7.99. The normalized spacial score (nSPS) is 12.9. The molecule has 2 unspecified atom stereocenters. The maximum absolute atomic E-state index is 12.1. The largest absolute Gasteiger partial charge is 0.499 e. The van der Waals surface area contributed by atoms with Crippen LogP contribution in [0.4, 0.5) is 0 Å². The van der Waals surface area contributed by atoms with E-state index in [4.69, 9.17) is 4.74 Å². The molecular weight excluding hydrogens is 488 g/mol. The van der Waals surface area contributed by atoms with Gasteiger partial charge in [0, 0.05) is 18.2 Å². The minimum absolute atomic E-state index is 0.110. The molecule has 226 valence electrons. The second kappa shape index (κ2) is 29.5. The minimum Gasteiger partial charge on any atom is -0.499 e. The van der Waals surface area contributed by atoms with E-state index in [0.29, 0.717) is 6.04 Å². The standard InChI is InChI=1S/C33H66N2O2S/c1-6-9-11-13-15-16-17-18-19-21-23-27-37-30(4)25-28-38-29-26-33(31(5)36)35-34-32(8-3)24-22-20-14-12-10-7-2/h32-35H,4,6-29H2,1-3,5H3. The number of hydrogen-bond acceptors (Lipinski definition) is 5. The Morgan fingerprint density at radius 3 is 1.76 bits per heavy atom. The van der Waals surface area contributed by atoms with E-state index in [-0.39, 0.29) is 11.8 Å². The molecule has 0 saturated carbocycles. The highest BCUT2D eigenvalue weighted by atomic mass is 32.2. The number of ether oxygens (including phenoxy) is 1. The molecule has 0 saturated heterocycles. The summed E-state index contributed by atoms with van der Waals surface area (Å²) in [7, 11) is 0. The lowest BCUT2D eigenvalue weighted by Gasteiger charge is -2.22. The summed E-state index contributed by atoms with van der Waals surface area (Å²) in [6.07, 6.45) is 26.9. The van der Waals surface area contributed by atoms with Crippen LogP contribution in [0, 0.1) is 0 Å². The zero-order valence-corrected chi connectivity index (χ0v) is 26.9. The smallest absolute Gasteiger partial charge is 0.148 e. The van der Waals surface area contributed by atoms with E-state index in [1.54, 1.807) is 6.92 Å². The second-order valence-electron chi connectivity index (χ2n) is 11.2. The summed E-state index contributed by atoms with van der Waals surface area (Å²) in [5.74, 6) is 3.10. The summed E-state index contributed by atoms with van der Waals surface area (Å²) in [5, 5.41) is 0. The lowest BCUT2D eigenvalue weighted by Crippen LogP contribution is -2.49. The molecule has 0 rings (SSSR count). The number of thioether (sulfide) groups is 1. The first kappa shape index (κ1) is 37.5. The lowest BCUT2D eigenvalue weighted by atomic mass is 10.0. The third-order valence-electron chi connectivity index (χ3n) is 7.48. The Hall–Kier alpha value is -0.520. The first-order valence-electron chi connectivity index (χ1n) is 16.4. The fourth-order valence-electron chi connectivity index (χ4n) is 4.69. The van der Waals surface area contributed by atoms with Gasteiger partial charge in [-0.15, -0.1) is 0 Å². The van der Waals surface area contributed by atoms with Crippen LogP contribution in [-0.4, -0.2) is 36.0 Å². The average molecular weight is 555 g/mol. The van der Waals surface area contributed by atoms with Gasteiger partial charge in [-0.25, -0.2) is 5.43 Å². The summed E-state index contributed by atoms with van der Waals surface area (Å²) in [5.41, 5.74) is 6.80. The number of carbonyl (C=O) groups is 1. The molecule has 0 radical (unpaired) electrons. The van der Waals surface area contributed by atoms with Crippen LogP contribution in [-0.2, 0) is 9.53 Å². The van der Waals surface area contributed by atoms with Gasteiger partial charge < -0.3 is 4.74 Å². The van der Waals surface area contributed by atoms with Gasteiger partial charge in [0.1, 0.15) is 5.78 Å². The van der Waals surface area contributed by atoms with E-state index in [2.05, 4.69) is 38.2 Å². The topological polar surface area (TPSA) is 50.4 Å². The number of hydrazine groups is 1. The Morgan fingerprint density at radius 2 is 1.24 bits per heavy atom. The number of rotatable bonds is 31. The van der Waals surface area contributed by atoms with E-state index in [1.165, 1.54) is 109 Å². The maximum Gasteiger partial charge on any atom is 0.148 e. The molecule has 38 heavy (non-hydrogen) atoms. The van der Waals surface area contributed by atoms with Gasteiger partial charge in [0.2, 0.25) is 0 Å². The van der Waals surface area contributed by atoms with Crippen molar-refractivity contribution in [1.29, 1.82) is 0 Å². The fourth-order valence-corrected chi connectivity index (χ4v) is 5.67. The van der Waals surface area contributed by atoms with Gasteiger partial charge >= 0.3 is 0 Å². The summed E-state index contributed by atoms with van der Waals surface area (Å²) >= 11 is 1.89. The Kier molecular flexibility index (Phi) is 29.1. The first-order chi connectivity index (χ1) is 18.5. The predicted molar refractivity (Wildman–Crippen MR) is 171 cm³/mol. The quantitative estimate of drug-likeness (QED) is 0.0507. The number of ketones is 1. The van der Waals surface area contributed by atoms with Crippen molar-refractivity contribution >= 4 is 17.5 Å². The molecule has 2 atom stereocenters. The SMILES string of the molecule is C=C(CCSCCC(NNC(CC)CCCCCCCC)C(C)=O)OCCCCCCCCCCCCC. The van der Waals surface area contributed by atoms with Gasteiger partial charge in [0.25, 0.3) is 0 Å². The first-order valence-corrected chi connectivity index (χ1v) is 17.6. The fraction of sp³-hybridized carbons (Fsp3) is 0.909. The van der Waals surface area contributed by atoms with Crippen molar-refractivity contribution < 1.29 is 9.53 Å². The molecule has 5 heteroatoms. The molecule has 0 bridgehead atoms. The van der Waals surface area contributed by atoms with Crippen LogP contribution in [0.5, 0.6) is 0 Å². The molecule has 0 heterocycles. The summed E-state index contributed by atoms with van der Waals surface area (Å²) in [4.78, 5) is 12.1. The molecule has 0 aromatic rings. The third-order valence-corrected chi connectivity index (χ3v) is 8.50. The van der Waals surface area contributed by atoms with Crippen molar-refractivity contribution in [3.63, 3.8) is 0 Å². The Labute approximate surface area is 242 Å². The highest BCUT2D eigenvalue weighted by Crippen LogP contribution is 2.14. The lowest BCUT2D eigenvalue weighted by molar-refractivity contribution is -0.119. The number of unbranched alkanes of at least 4 members (excludes halogenated alkanes) is 15. The molecule has 0 aliphatic rings. The van der Waals surface area contributed by atoms with Crippen molar-refractivity contribution in [1.82, 2.24) is 10.9 Å². The van der Waals surface area contributed by atoms with Gasteiger partial charge in [0.05, 0.1) is 18.4 Å². The molecule has 2 N–H and O–H groups in total. The van der Waals surface area contributed by atoms with Gasteiger partial charge in [-0.05, 0) is 38.4 Å². The summed E-state index contributed by atoms with van der Waals surface area (Å²) < 4.78 is 5.84. The number of carbonyl (C=O) groups excluding carboxylic acids is 1. The average Bonchev–Trinajstić information content (AvgIpc) is 2.91. The zero-order chi connectivity index (χ0) is 28.1. The summed E-state index contributed by atoms with van der Waals surface area (Å²) in [6, 6.07) is 0.332. The molecule has 0 aliphatic carbocycles. The van der Waals surface area contributed by atoms with Crippen LogP contribution < -0.4 is 10.9 Å². The Balaban J connectivity index is 3.71. The van der Waals surface area contributed by atoms with Crippen molar-refractivity contribution in [3.8, 4) is 0 Å². The Bertz CT molecular complexity index is 529.